The number of likely N-dealkylation sites (tertiary alicyclic amines) is 1. The number of esters is 1. The molecule has 30 heavy (non-hydrogen) atoms. The Balaban J connectivity index is 1.77. The number of carbonyl (C=O) groups excluding carboxylic acids is 3. The third-order valence-electron chi connectivity index (χ3n) is 5.27. The number of benzene rings is 1. The number of ether oxygens (including phenoxy) is 1. The standard InChI is InChI=1S/C23H33N3O4/c1-4-26(5-2)23(29)19-13-15-25(16-14-19)17-21(27)24-20-10-7-18(8-11-20)9-12-22(28)30-6-3/h7-12,19H,4-6,13-17H2,1-3H3,(H,24,27)/b12-9+. The van der Waals surface area contributed by atoms with Gasteiger partial charge in [-0.2, -0.15) is 0 Å². The normalized spacial score (nSPS) is 15.2. The smallest absolute Gasteiger partial charge is 0.330 e. The number of nitrogens with one attached hydrogen (secondary N) is 1. The van der Waals surface area contributed by atoms with Gasteiger partial charge < -0.3 is 15.0 Å². The molecular weight excluding hydrogens is 382 g/mol. The van der Waals surface area contributed by atoms with Crippen molar-refractivity contribution < 1.29 is 19.1 Å². The second kappa shape index (κ2) is 12.1. The van der Waals surface area contributed by atoms with Crippen LogP contribution in [0.15, 0.2) is 30.3 Å². The van der Waals surface area contributed by atoms with Crippen LogP contribution in [0.25, 0.3) is 6.08 Å². The van der Waals surface area contributed by atoms with Crippen LogP contribution in [0.5, 0.6) is 0 Å². The van der Waals surface area contributed by atoms with Gasteiger partial charge in [0, 0.05) is 30.8 Å². The first kappa shape index (κ1) is 23.6. The van der Waals surface area contributed by atoms with Crippen LogP contribution in [0.2, 0.25) is 0 Å². The number of anilines is 1. The molecule has 0 radical (unpaired) electrons. The summed E-state index contributed by atoms with van der Waals surface area (Å²) < 4.78 is 4.85. The molecule has 1 aliphatic rings. The molecule has 0 unspecified atom stereocenters. The zero-order chi connectivity index (χ0) is 21.9. The van der Waals surface area contributed by atoms with Crippen LogP contribution in [0.4, 0.5) is 5.69 Å². The Bertz CT molecular complexity index is 733. The maximum Gasteiger partial charge on any atom is 0.330 e. The molecule has 1 aromatic carbocycles. The van der Waals surface area contributed by atoms with Gasteiger partial charge in [-0.3, -0.25) is 14.5 Å². The summed E-state index contributed by atoms with van der Waals surface area (Å²) in [4.78, 5) is 40.2. The minimum absolute atomic E-state index is 0.0689. The van der Waals surface area contributed by atoms with Crippen molar-refractivity contribution in [2.45, 2.75) is 33.6 Å². The van der Waals surface area contributed by atoms with E-state index in [1.165, 1.54) is 6.08 Å². The Kier molecular flexibility index (Phi) is 9.54. The molecule has 0 spiro atoms. The molecule has 1 aliphatic heterocycles. The van der Waals surface area contributed by atoms with Crippen LogP contribution in [-0.2, 0) is 19.1 Å². The van der Waals surface area contributed by atoms with Crippen molar-refractivity contribution in [2.24, 2.45) is 5.92 Å². The van der Waals surface area contributed by atoms with E-state index in [-0.39, 0.29) is 23.7 Å². The Hall–Kier alpha value is -2.67. The molecule has 0 saturated carbocycles. The van der Waals surface area contributed by atoms with Gasteiger partial charge in [-0.15, -0.1) is 0 Å². The first-order chi connectivity index (χ1) is 14.5. The van der Waals surface area contributed by atoms with E-state index in [9.17, 15) is 14.4 Å². The minimum atomic E-state index is -0.377. The van der Waals surface area contributed by atoms with E-state index < -0.39 is 0 Å². The van der Waals surface area contributed by atoms with Gasteiger partial charge in [0.15, 0.2) is 0 Å². The van der Waals surface area contributed by atoms with Gasteiger partial charge in [0.1, 0.15) is 0 Å². The maximum atomic E-state index is 12.5. The number of piperidine rings is 1. The molecule has 2 rings (SSSR count). The minimum Gasteiger partial charge on any atom is -0.463 e. The van der Waals surface area contributed by atoms with E-state index in [0.29, 0.717) is 18.8 Å². The molecule has 1 heterocycles. The predicted octanol–water partition coefficient (Wildman–Crippen LogP) is 2.78. The monoisotopic (exact) mass is 415 g/mol. The highest BCUT2D eigenvalue weighted by atomic mass is 16.5. The molecule has 7 nitrogen and oxygen atoms in total. The van der Waals surface area contributed by atoms with E-state index in [1.807, 2.05) is 30.9 Å². The predicted molar refractivity (Wildman–Crippen MR) is 118 cm³/mol. The number of hydrogen-bond donors (Lipinski definition) is 1. The zero-order valence-electron chi connectivity index (χ0n) is 18.2. The lowest BCUT2D eigenvalue weighted by Gasteiger charge is -2.33. The molecule has 0 aromatic heterocycles. The Labute approximate surface area is 179 Å². The molecule has 0 bridgehead atoms. The molecule has 7 heteroatoms. The lowest BCUT2D eigenvalue weighted by atomic mass is 9.95. The zero-order valence-corrected chi connectivity index (χ0v) is 18.2. The molecular formula is C23H33N3O4. The number of rotatable bonds is 9. The molecule has 1 saturated heterocycles. The molecule has 1 N–H and O–H groups in total. The van der Waals surface area contributed by atoms with Crippen molar-refractivity contribution in [1.82, 2.24) is 9.80 Å². The largest absolute Gasteiger partial charge is 0.463 e. The molecule has 1 aromatic rings. The highest BCUT2D eigenvalue weighted by molar-refractivity contribution is 5.92. The van der Waals surface area contributed by atoms with Gasteiger partial charge in [0.05, 0.1) is 13.2 Å². The lowest BCUT2D eigenvalue weighted by molar-refractivity contribution is -0.137. The van der Waals surface area contributed by atoms with Gasteiger partial charge in [0.2, 0.25) is 11.8 Å². The van der Waals surface area contributed by atoms with E-state index in [2.05, 4.69) is 10.2 Å². The quantitative estimate of drug-likeness (QED) is 0.496. The van der Waals surface area contributed by atoms with Crippen LogP contribution in [0, 0.1) is 5.92 Å². The fourth-order valence-corrected chi connectivity index (χ4v) is 3.57. The molecule has 1 fully saturated rings. The van der Waals surface area contributed by atoms with Gasteiger partial charge in [-0.25, -0.2) is 4.79 Å². The first-order valence-corrected chi connectivity index (χ1v) is 10.7. The highest BCUT2D eigenvalue weighted by Gasteiger charge is 2.28. The van der Waals surface area contributed by atoms with Crippen molar-refractivity contribution >= 4 is 29.5 Å². The number of hydrogen-bond acceptors (Lipinski definition) is 5. The summed E-state index contributed by atoms with van der Waals surface area (Å²) in [6.07, 6.45) is 4.65. The summed E-state index contributed by atoms with van der Waals surface area (Å²) in [5.41, 5.74) is 1.56. The topological polar surface area (TPSA) is 79.0 Å². The third-order valence-corrected chi connectivity index (χ3v) is 5.27. The van der Waals surface area contributed by atoms with Crippen LogP contribution in [0.1, 0.15) is 39.2 Å². The summed E-state index contributed by atoms with van der Waals surface area (Å²) >= 11 is 0. The number of amides is 2. The van der Waals surface area contributed by atoms with Gasteiger partial charge in [-0.1, -0.05) is 12.1 Å². The first-order valence-electron chi connectivity index (χ1n) is 10.7. The number of nitrogens with zero attached hydrogens (tertiary/aromatic N) is 2. The molecule has 2 amide bonds. The fraction of sp³-hybridized carbons (Fsp3) is 0.522. The summed E-state index contributed by atoms with van der Waals surface area (Å²) in [6, 6.07) is 7.26. The lowest BCUT2D eigenvalue weighted by Crippen LogP contribution is -2.44. The second-order valence-corrected chi connectivity index (χ2v) is 7.32. The summed E-state index contributed by atoms with van der Waals surface area (Å²) in [6.45, 7) is 9.43. The second-order valence-electron chi connectivity index (χ2n) is 7.32. The average Bonchev–Trinajstić information content (AvgIpc) is 2.74. The van der Waals surface area contributed by atoms with E-state index >= 15 is 0 Å². The molecule has 164 valence electrons. The van der Waals surface area contributed by atoms with Crippen molar-refractivity contribution in [3.05, 3.63) is 35.9 Å². The van der Waals surface area contributed by atoms with Crippen LogP contribution in [-0.4, -0.2) is 66.9 Å². The van der Waals surface area contributed by atoms with Crippen LogP contribution in [0.3, 0.4) is 0 Å². The Morgan fingerprint density at radius 2 is 1.73 bits per heavy atom. The Morgan fingerprint density at radius 1 is 1.10 bits per heavy atom. The van der Waals surface area contributed by atoms with Crippen LogP contribution < -0.4 is 5.32 Å². The Morgan fingerprint density at radius 3 is 2.30 bits per heavy atom. The van der Waals surface area contributed by atoms with E-state index in [4.69, 9.17) is 4.74 Å². The highest BCUT2D eigenvalue weighted by Crippen LogP contribution is 2.20. The van der Waals surface area contributed by atoms with Crippen molar-refractivity contribution in [3.63, 3.8) is 0 Å². The van der Waals surface area contributed by atoms with E-state index in [1.54, 1.807) is 25.1 Å². The van der Waals surface area contributed by atoms with Crippen molar-refractivity contribution in [2.75, 3.05) is 44.6 Å². The summed E-state index contributed by atoms with van der Waals surface area (Å²) in [5, 5.41) is 2.90. The van der Waals surface area contributed by atoms with E-state index in [0.717, 1.165) is 44.6 Å². The van der Waals surface area contributed by atoms with Gasteiger partial charge >= 0.3 is 5.97 Å². The average molecular weight is 416 g/mol. The molecule has 0 aliphatic carbocycles. The fourth-order valence-electron chi connectivity index (χ4n) is 3.57. The third kappa shape index (κ3) is 7.30. The van der Waals surface area contributed by atoms with Gasteiger partial charge in [-0.05, 0) is 70.5 Å². The molecule has 0 atom stereocenters. The van der Waals surface area contributed by atoms with Crippen LogP contribution >= 0.6 is 0 Å². The maximum absolute atomic E-state index is 12.5. The summed E-state index contributed by atoms with van der Waals surface area (Å²) in [5.74, 6) is -0.142. The van der Waals surface area contributed by atoms with Crippen molar-refractivity contribution in [3.8, 4) is 0 Å². The summed E-state index contributed by atoms with van der Waals surface area (Å²) in [7, 11) is 0. The van der Waals surface area contributed by atoms with Crippen molar-refractivity contribution in [1.29, 1.82) is 0 Å². The van der Waals surface area contributed by atoms with Gasteiger partial charge in [0.25, 0.3) is 0 Å². The SMILES string of the molecule is CCOC(=O)/C=C/c1ccc(NC(=O)CN2CCC(C(=O)N(CC)CC)CC2)cc1. The number of carbonyl (C=O) groups is 3.